The van der Waals surface area contributed by atoms with Crippen molar-refractivity contribution in [2.75, 3.05) is 28.7 Å². The summed E-state index contributed by atoms with van der Waals surface area (Å²) in [5, 5.41) is 12.5. The van der Waals surface area contributed by atoms with Crippen LogP contribution < -0.4 is 21.5 Å². The Labute approximate surface area is 117 Å². The molecule has 110 valence electrons. The molecule has 1 aromatic heterocycles. The van der Waals surface area contributed by atoms with Gasteiger partial charge in [0.1, 0.15) is 0 Å². The molecule has 1 aromatic rings. The van der Waals surface area contributed by atoms with Gasteiger partial charge in [0.05, 0.1) is 6.10 Å². The lowest BCUT2D eigenvalue weighted by Crippen LogP contribution is -2.39. The Morgan fingerprint density at radius 3 is 2.40 bits per heavy atom. The van der Waals surface area contributed by atoms with Gasteiger partial charge in [0.15, 0.2) is 0 Å². The molecule has 1 saturated heterocycles. The molecule has 1 aliphatic carbocycles. The first-order chi connectivity index (χ1) is 9.74. The van der Waals surface area contributed by atoms with Crippen molar-refractivity contribution in [1.29, 1.82) is 0 Å². The van der Waals surface area contributed by atoms with Crippen LogP contribution in [0.1, 0.15) is 32.1 Å². The van der Waals surface area contributed by atoms with E-state index in [1.807, 2.05) is 0 Å². The number of piperidine rings is 1. The highest BCUT2D eigenvalue weighted by Gasteiger charge is 2.28. The van der Waals surface area contributed by atoms with Gasteiger partial charge < -0.3 is 15.3 Å². The lowest BCUT2D eigenvalue weighted by Gasteiger charge is -2.32. The number of nitrogens with one attached hydrogen (secondary N) is 2. The van der Waals surface area contributed by atoms with Crippen LogP contribution in [0.4, 0.5) is 17.8 Å². The van der Waals surface area contributed by atoms with Crippen molar-refractivity contribution in [3.05, 3.63) is 0 Å². The quantitative estimate of drug-likeness (QED) is 0.453. The number of aliphatic hydroxyl groups excluding tert-OH is 1. The standard InChI is InChI=1S/C12H21N7O/c13-18-11-15-10(14-8-6-9(20)7-8)16-12(17-11)19-4-2-1-3-5-19/h8-9,20H,1-7,13H2,(H2,14,15,16,17,18). The summed E-state index contributed by atoms with van der Waals surface area (Å²) in [5.74, 6) is 6.97. The second-order valence-corrected chi connectivity index (χ2v) is 5.44. The third-order valence-corrected chi connectivity index (χ3v) is 3.84. The summed E-state index contributed by atoms with van der Waals surface area (Å²) >= 11 is 0. The molecule has 0 amide bonds. The highest BCUT2D eigenvalue weighted by Crippen LogP contribution is 2.24. The van der Waals surface area contributed by atoms with Crippen LogP contribution in [0.25, 0.3) is 0 Å². The molecule has 0 atom stereocenters. The molecular weight excluding hydrogens is 258 g/mol. The first kappa shape index (κ1) is 13.3. The Hall–Kier alpha value is -1.67. The van der Waals surface area contributed by atoms with E-state index in [-0.39, 0.29) is 12.1 Å². The van der Waals surface area contributed by atoms with Crippen molar-refractivity contribution in [1.82, 2.24) is 15.0 Å². The van der Waals surface area contributed by atoms with Gasteiger partial charge in [-0.05, 0) is 32.1 Å². The molecule has 0 spiro atoms. The summed E-state index contributed by atoms with van der Waals surface area (Å²) in [5.41, 5.74) is 2.49. The molecule has 0 bridgehead atoms. The van der Waals surface area contributed by atoms with Gasteiger partial charge >= 0.3 is 0 Å². The molecule has 5 N–H and O–H groups in total. The van der Waals surface area contributed by atoms with Crippen LogP contribution in [0.15, 0.2) is 0 Å². The fraction of sp³-hybridized carbons (Fsp3) is 0.750. The number of anilines is 3. The van der Waals surface area contributed by atoms with Crippen molar-refractivity contribution in [3.8, 4) is 0 Å². The lowest BCUT2D eigenvalue weighted by atomic mass is 9.90. The molecule has 0 radical (unpaired) electrons. The zero-order chi connectivity index (χ0) is 13.9. The Morgan fingerprint density at radius 2 is 1.75 bits per heavy atom. The molecule has 1 aliphatic heterocycles. The molecule has 1 saturated carbocycles. The van der Waals surface area contributed by atoms with Gasteiger partial charge in [-0.2, -0.15) is 15.0 Å². The number of rotatable bonds is 4. The van der Waals surface area contributed by atoms with Crippen LogP contribution in [0, 0.1) is 0 Å². The second-order valence-electron chi connectivity index (χ2n) is 5.44. The van der Waals surface area contributed by atoms with Crippen LogP contribution in [0.3, 0.4) is 0 Å². The first-order valence-electron chi connectivity index (χ1n) is 7.17. The molecule has 8 heteroatoms. The van der Waals surface area contributed by atoms with Crippen LogP contribution in [-0.4, -0.2) is 45.3 Å². The SMILES string of the molecule is NNc1nc(NC2CC(O)C2)nc(N2CCCCC2)n1. The average molecular weight is 279 g/mol. The summed E-state index contributed by atoms with van der Waals surface area (Å²) in [7, 11) is 0. The van der Waals surface area contributed by atoms with E-state index in [2.05, 4.69) is 30.6 Å². The third-order valence-electron chi connectivity index (χ3n) is 3.84. The van der Waals surface area contributed by atoms with Crippen LogP contribution in [0.5, 0.6) is 0 Å². The fourth-order valence-corrected chi connectivity index (χ4v) is 2.62. The summed E-state index contributed by atoms with van der Waals surface area (Å²) in [6, 6.07) is 0.229. The lowest BCUT2D eigenvalue weighted by molar-refractivity contribution is 0.0834. The van der Waals surface area contributed by atoms with Gasteiger partial charge in [-0.25, -0.2) is 5.84 Å². The monoisotopic (exact) mass is 279 g/mol. The van der Waals surface area contributed by atoms with Gasteiger partial charge in [-0.15, -0.1) is 0 Å². The topological polar surface area (TPSA) is 112 Å². The fourth-order valence-electron chi connectivity index (χ4n) is 2.62. The Balaban J connectivity index is 1.75. The predicted molar refractivity (Wildman–Crippen MR) is 76.4 cm³/mol. The molecule has 20 heavy (non-hydrogen) atoms. The maximum absolute atomic E-state index is 9.32. The zero-order valence-electron chi connectivity index (χ0n) is 11.4. The van der Waals surface area contributed by atoms with Crippen molar-refractivity contribution in [3.63, 3.8) is 0 Å². The molecule has 0 unspecified atom stereocenters. The van der Waals surface area contributed by atoms with E-state index in [0.29, 0.717) is 17.8 Å². The zero-order valence-corrected chi connectivity index (χ0v) is 11.4. The van der Waals surface area contributed by atoms with Crippen molar-refractivity contribution in [2.24, 2.45) is 5.84 Å². The largest absolute Gasteiger partial charge is 0.393 e. The van der Waals surface area contributed by atoms with Gasteiger partial charge in [0.25, 0.3) is 0 Å². The summed E-state index contributed by atoms with van der Waals surface area (Å²) < 4.78 is 0. The van der Waals surface area contributed by atoms with E-state index in [1.54, 1.807) is 0 Å². The molecule has 0 aromatic carbocycles. The maximum atomic E-state index is 9.32. The first-order valence-corrected chi connectivity index (χ1v) is 7.17. The molecule has 2 fully saturated rings. The van der Waals surface area contributed by atoms with E-state index < -0.39 is 0 Å². The highest BCUT2D eigenvalue weighted by molar-refractivity contribution is 5.44. The van der Waals surface area contributed by atoms with Crippen molar-refractivity contribution in [2.45, 2.75) is 44.2 Å². The van der Waals surface area contributed by atoms with Crippen molar-refractivity contribution >= 4 is 17.8 Å². The Kier molecular flexibility index (Phi) is 3.83. The minimum Gasteiger partial charge on any atom is -0.393 e. The predicted octanol–water partition coefficient (Wildman–Crippen LogP) is 0.0827. The summed E-state index contributed by atoms with van der Waals surface area (Å²) in [6.07, 6.45) is 4.84. The highest BCUT2D eigenvalue weighted by atomic mass is 16.3. The smallest absolute Gasteiger partial charge is 0.243 e. The van der Waals surface area contributed by atoms with E-state index in [0.717, 1.165) is 38.8 Å². The number of hydrogen-bond acceptors (Lipinski definition) is 8. The second kappa shape index (κ2) is 5.76. The van der Waals surface area contributed by atoms with Crippen LogP contribution >= 0.6 is 0 Å². The van der Waals surface area contributed by atoms with Gasteiger partial charge in [0.2, 0.25) is 17.8 Å². The Morgan fingerprint density at radius 1 is 1.05 bits per heavy atom. The number of hydrogen-bond donors (Lipinski definition) is 4. The Bertz CT molecular complexity index is 457. The molecular formula is C12H21N7O. The number of nitrogen functional groups attached to an aromatic ring is 1. The number of hydrazine groups is 1. The molecule has 2 heterocycles. The molecule has 3 rings (SSSR count). The summed E-state index contributed by atoms with van der Waals surface area (Å²) in [4.78, 5) is 15.2. The van der Waals surface area contributed by atoms with E-state index in [1.165, 1.54) is 6.42 Å². The van der Waals surface area contributed by atoms with E-state index >= 15 is 0 Å². The van der Waals surface area contributed by atoms with E-state index in [4.69, 9.17) is 5.84 Å². The minimum absolute atomic E-state index is 0.206. The maximum Gasteiger partial charge on any atom is 0.243 e. The van der Waals surface area contributed by atoms with Crippen molar-refractivity contribution < 1.29 is 5.11 Å². The number of nitrogens with zero attached hydrogens (tertiary/aromatic N) is 4. The normalized spacial score (nSPS) is 26.0. The van der Waals surface area contributed by atoms with Gasteiger partial charge in [0, 0.05) is 19.1 Å². The van der Waals surface area contributed by atoms with E-state index in [9.17, 15) is 5.11 Å². The van der Waals surface area contributed by atoms with Crippen LogP contribution in [-0.2, 0) is 0 Å². The minimum atomic E-state index is -0.206. The van der Waals surface area contributed by atoms with Gasteiger partial charge in [-0.1, -0.05) is 0 Å². The average Bonchev–Trinajstić information content (AvgIpc) is 2.46. The summed E-state index contributed by atoms with van der Waals surface area (Å²) in [6.45, 7) is 1.94. The number of nitrogens with two attached hydrogens (primary N) is 1. The van der Waals surface area contributed by atoms with Gasteiger partial charge in [-0.3, -0.25) is 5.43 Å². The molecule has 8 nitrogen and oxygen atoms in total. The number of aliphatic hydroxyl groups is 1. The molecule has 2 aliphatic rings. The van der Waals surface area contributed by atoms with Crippen LogP contribution in [0.2, 0.25) is 0 Å². The number of aromatic nitrogens is 3. The third kappa shape index (κ3) is 2.91.